The number of aromatic nitrogens is 1. The standard InChI is InChI=1S/C63H72N6O13S2/c1-40(43-11-13-44(14-12-43)57-41(2)64-39-83-57)66-61(75)53-34-50(72)37-69(53)62(76)59(63(3,4)5)67-55(73)38-81-30-29-79-26-25-77-23-24-78-27-28-80-31-32-82-51-20-9-42(10-21-51)36-65-68-60(74)47-8-6-7-46(33-47)56-52-22-19-49(71)35-54(52)84-58(56)45-15-17-48(70)18-16-45/h6-22,33,35-36,39-40,50,53,59,70-72H,23-32,34,37-38H2,1-5H3,(H,66,75)(H,67,73)(H,68,74)/b65-36+/t40-,50+,53-,59+/m0/s1. The number of nitrogens with zero attached hydrogens (tertiary/aromatic N) is 3. The van der Waals surface area contributed by atoms with E-state index in [1.807, 2.05) is 113 Å². The molecule has 19 nitrogen and oxygen atoms in total. The molecule has 0 radical (unpaired) electrons. The molecule has 1 saturated heterocycles. The second kappa shape index (κ2) is 30.3. The van der Waals surface area contributed by atoms with Crippen molar-refractivity contribution in [2.45, 2.75) is 65.3 Å². The Morgan fingerprint density at radius 3 is 2.00 bits per heavy atom. The number of thiazole rings is 1. The van der Waals surface area contributed by atoms with Gasteiger partial charge >= 0.3 is 0 Å². The minimum Gasteiger partial charge on any atom is -0.508 e. The van der Waals surface area contributed by atoms with Crippen LogP contribution in [0, 0.1) is 12.3 Å². The number of rotatable bonds is 29. The number of amides is 4. The van der Waals surface area contributed by atoms with Gasteiger partial charge in [-0.1, -0.05) is 57.2 Å². The monoisotopic (exact) mass is 1180 g/mol. The molecule has 6 N–H and O–H groups in total. The van der Waals surface area contributed by atoms with Crippen LogP contribution >= 0.6 is 22.7 Å². The zero-order valence-corrected chi connectivity index (χ0v) is 49.3. The minimum atomic E-state index is -0.983. The molecule has 0 aliphatic carbocycles. The smallest absolute Gasteiger partial charge is 0.271 e. The summed E-state index contributed by atoms with van der Waals surface area (Å²) < 4.78 is 34.6. The zero-order valence-electron chi connectivity index (χ0n) is 47.7. The lowest BCUT2D eigenvalue weighted by Gasteiger charge is -2.35. The molecule has 1 aliphatic rings. The van der Waals surface area contributed by atoms with Crippen molar-refractivity contribution in [3.8, 4) is 49.3 Å². The average molecular weight is 1190 g/mol. The van der Waals surface area contributed by atoms with Crippen molar-refractivity contribution >= 4 is 62.6 Å². The maximum Gasteiger partial charge on any atom is 0.271 e. The van der Waals surface area contributed by atoms with E-state index in [1.54, 1.807) is 60.0 Å². The van der Waals surface area contributed by atoms with Crippen LogP contribution in [0.3, 0.4) is 0 Å². The maximum absolute atomic E-state index is 14.0. The highest BCUT2D eigenvalue weighted by atomic mass is 32.1. The third-order valence-corrected chi connectivity index (χ3v) is 15.9. The Bertz CT molecular complexity index is 3330. The summed E-state index contributed by atoms with van der Waals surface area (Å²) >= 11 is 3.09. The summed E-state index contributed by atoms with van der Waals surface area (Å²) in [4.78, 5) is 61.6. The molecule has 4 amide bonds. The van der Waals surface area contributed by atoms with Crippen molar-refractivity contribution < 1.29 is 62.9 Å². The second-order valence-electron chi connectivity index (χ2n) is 21.1. The Hall–Kier alpha value is -7.60. The molecule has 5 aromatic carbocycles. The molecule has 2 aromatic heterocycles. The SMILES string of the molecule is Cc1ncsc1-c1ccc([C@H](C)NC(=O)[C@@H]2C[C@@H](O)CN2C(=O)[C@@H](NC(=O)COCCOCCOCCOCCOCCOc2ccc(/C=N/NC(=O)c3cccc(-c4c(-c5ccc(O)cc5)sc5cc(O)ccc45)c3)cc2)C(C)(C)C)cc1. The fraction of sp³-hybridized carbons (Fsp3) is 0.365. The van der Waals surface area contributed by atoms with Crippen molar-refractivity contribution in [2.75, 3.05) is 79.2 Å². The summed E-state index contributed by atoms with van der Waals surface area (Å²) in [6, 6.07) is 32.4. The quantitative estimate of drug-likeness (QED) is 0.0146. The van der Waals surface area contributed by atoms with Gasteiger partial charge in [-0.15, -0.1) is 22.7 Å². The number of benzene rings is 5. The third kappa shape index (κ3) is 17.5. The number of ether oxygens (including phenoxy) is 6. The number of nitrogens with one attached hydrogen (secondary N) is 3. The Labute approximate surface area is 496 Å². The molecule has 0 saturated carbocycles. The van der Waals surface area contributed by atoms with Crippen LogP contribution in [0.2, 0.25) is 0 Å². The van der Waals surface area contributed by atoms with E-state index in [0.29, 0.717) is 64.2 Å². The number of aliphatic hydroxyl groups is 1. The van der Waals surface area contributed by atoms with E-state index < -0.39 is 35.4 Å². The number of phenolic OH excluding ortho intramolecular Hbond substituents is 2. The Balaban J connectivity index is 0.637. The number of aryl methyl sites for hydroxylation is 1. The number of hydrogen-bond donors (Lipinski definition) is 6. The van der Waals surface area contributed by atoms with Crippen LogP contribution in [0.25, 0.3) is 42.1 Å². The second-order valence-corrected chi connectivity index (χ2v) is 23.0. The van der Waals surface area contributed by atoms with Crippen molar-refractivity contribution in [1.82, 2.24) is 25.9 Å². The predicted molar refractivity (Wildman–Crippen MR) is 323 cm³/mol. The molecular weight excluding hydrogens is 1110 g/mol. The van der Waals surface area contributed by atoms with E-state index in [-0.39, 0.29) is 62.1 Å². The van der Waals surface area contributed by atoms with Gasteiger partial charge in [0.15, 0.2) is 0 Å². The lowest BCUT2D eigenvalue weighted by Crippen LogP contribution is -2.58. The van der Waals surface area contributed by atoms with Crippen LogP contribution in [-0.4, -0.2) is 152 Å². The van der Waals surface area contributed by atoms with Crippen LogP contribution in [-0.2, 0) is 38.1 Å². The molecule has 4 atom stereocenters. The highest BCUT2D eigenvalue weighted by Crippen LogP contribution is 2.46. The Morgan fingerprint density at radius 2 is 1.36 bits per heavy atom. The fourth-order valence-electron chi connectivity index (χ4n) is 9.37. The first-order valence-electron chi connectivity index (χ1n) is 27.7. The summed E-state index contributed by atoms with van der Waals surface area (Å²) in [7, 11) is 0. The predicted octanol–water partition coefficient (Wildman–Crippen LogP) is 8.67. The molecule has 0 spiro atoms. The lowest BCUT2D eigenvalue weighted by atomic mass is 9.85. The van der Waals surface area contributed by atoms with E-state index in [0.717, 1.165) is 58.9 Å². The van der Waals surface area contributed by atoms with Gasteiger partial charge in [-0.2, -0.15) is 5.10 Å². The van der Waals surface area contributed by atoms with Crippen LogP contribution in [0.1, 0.15) is 67.3 Å². The number of carbonyl (C=O) groups is 4. The van der Waals surface area contributed by atoms with Gasteiger partial charge in [0.05, 0.1) is 93.9 Å². The van der Waals surface area contributed by atoms with Gasteiger partial charge in [-0.05, 0) is 126 Å². The number of hydrogen-bond acceptors (Lipinski definition) is 17. The van der Waals surface area contributed by atoms with Gasteiger partial charge in [0.2, 0.25) is 17.7 Å². The summed E-state index contributed by atoms with van der Waals surface area (Å²) in [6.45, 7) is 12.2. The molecule has 21 heteroatoms. The van der Waals surface area contributed by atoms with E-state index in [1.165, 1.54) is 16.2 Å². The van der Waals surface area contributed by atoms with Crippen LogP contribution in [0.5, 0.6) is 17.2 Å². The van der Waals surface area contributed by atoms with E-state index >= 15 is 0 Å². The number of carbonyl (C=O) groups excluding carboxylic acids is 4. The molecule has 1 aliphatic heterocycles. The van der Waals surface area contributed by atoms with Gasteiger partial charge in [-0.3, -0.25) is 19.2 Å². The van der Waals surface area contributed by atoms with Crippen LogP contribution in [0.15, 0.2) is 126 Å². The Kier molecular flexibility index (Phi) is 22.5. The number of aromatic hydroxyl groups is 2. The number of likely N-dealkylation sites (tertiary alicyclic amines) is 1. The highest BCUT2D eigenvalue weighted by molar-refractivity contribution is 7.23. The summed E-state index contributed by atoms with van der Waals surface area (Å²) in [6.07, 6.45) is 0.741. The van der Waals surface area contributed by atoms with Gasteiger partial charge in [0, 0.05) is 39.1 Å². The minimum absolute atomic E-state index is 0.0313. The van der Waals surface area contributed by atoms with Gasteiger partial charge < -0.3 is 59.3 Å². The number of phenols is 2. The summed E-state index contributed by atoms with van der Waals surface area (Å²) in [5.41, 5.74) is 10.4. The third-order valence-electron chi connectivity index (χ3n) is 13.8. The molecule has 7 aromatic rings. The molecule has 0 bridgehead atoms. The average Bonchev–Trinajstić information content (AvgIpc) is 2.05. The van der Waals surface area contributed by atoms with Crippen molar-refractivity contribution in [3.05, 3.63) is 143 Å². The number of thiophene rings is 1. The molecule has 3 heterocycles. The number of aliphatic hydroxyl groups excluding tert-OH is 1. The van der Waals surface area contributed by atoms with Crippen LogP contribution < -0.4 is 20.8 Å². The topological polar surface area (TPSA) is 249 Å². The zero-order chi connectivity index (χ0) is 59.6. The van der Waals surface area contributed by atoms with Crippen LogP contribution in [0.4, 0.5) is 0 Å². The Morgan fingerprint density at radius 1 is 0.738 bits per heavy atom. The fourth-order valence-corrected chi connectivity index (χ4v) is 11.4. The first-order chi connectivity index (χ1) is 40.5. The molecule has 84 heavy (non-hydrogen) atoms. The molecule has 1 fully saturated rings. The highest BCUT2D eigenvalue weighted by Gasteiger charge is 2.44. The molecular formula is C63H72N6O13S2. The van der Waals surface area contributed by atoms with E-state index in [9.17, 15) is 34.5 Å². The van der Waals surface area contributed by atoms with Crippen molar-refractivity contribution in [3.63, 3.8) is 0 Å². The van der Waals surface area contributed by atoms with Crippen molar-refractivity contribution in [1.29, 1.82) is 0 Å². The maximum atomic E-state index is 14.0. The van der Waals surface area contributed by atoms with Gasteiger partial charge in [0.1, 0.15) is 42.5 Å². The number of hydrazone groups is 1. The first kappa shape index (κ1) is 62.4. The lowest BCUT2D eigenvalue weighted by molar-refractivity contribution is -0.144. The number of fused-ring (bicyclic) bond motifs is 1. The van der Waals surface area contributed by atoms with Crippen molar-refractivity contribution in [2.24, 2.45) is 10.5 Å². The molecule has 8 rings (SSSR count). The first-order valence-corrected chi connectivity index (χ1v) is 29.4. The summed E-state index contributed by atoms with van der Waals surface area (Å²) in [5, 5.41) is 41.6. The summed E-state index contributed by atoms with van der Waals surface area (Å²) in [5.74, 6) is -0.733. The largest absolute Gasteiger partial charge is 0.508 e. The normalized spacial score (nSPS) is 15.1. The van der Waals surface area contributed by atoms with E-state index in [2.05, 4.69) is 26.1 Å². The van der Waals surface area contributed by atoms with Gasteiger partial charge in [-0.25, -0.2) is 10.4 Å². The number of β-amino-alcohol motifs (C(OH)–C–C–N with tert-alkyl or cyclic N) is 1. The molecule has 444 valence electrons. The molecule has 0 unspecified atom stereocenters. The van der Waals surface area contributed by atoms with Gasteiger partial charge in [0.25, 0.3) is 5.91 Å². The van der Waals surface area contributed by atoms with E-state index in [4.69, 9.17) is 28.4 Å².